The number of hydrogen-bond donors (Lipinski definition) is 2. The molecular formula is C14H19N3O2. The number of carbonyl (C=O) groups is 1. The Hall–Kier alpha value is -2.01. The monoisotopic (exact) mass is 261 g/mol. The van der Waals surface area contributed by atoms with E-state index in [4.69, 9.17) is 16.3 Å². The average molecular weight is 261 g/mol. The minimum Gasteiger partial charge on any atom is -0.461 e. The van der Waals surface area contributed by atoms with Crippen molar-refractivity contribution < 1.29 is 9.53 Å². The predicted octanol–water partition coefficient (Wildman–Crippen LogP) is 1.44. The molecule has 1 aliphatic heterocycles. The number of aryl methyl sites for hydroxylation is 1. The van der Waals surface area contributed by atoms with Gasteiger partial charge in [0.2, 0.25) is 0 Å². The van der Waals surface area contributed by atoms with E-state index in [0.29, 0.717) is 18.7 Å². The van der Waals surface area contributed by atoms with Crippen molar-refractivity contribution >= 4 is 11.7 Å². The summed E-state index contributed by atoms with van der Waals surface area (Å²) >= 11 is 0. The van der Waals surface area contributed by atoms with Gasteiger partial charge < -0.3 is 10.5 Å². The molecule has 1 aliphatic rings. The van der Waals surface area contributed by atoms with Crippen molar-refractivity contribution in [1.29, 1.82) is 0 Å². The third-order valence-electron chi connectivity index (χ3n) is 3.21. The molecule has 0 spiro atoms. The zero-order valence-corrected chi connectivity index (χ0v) is 11.1. The van der Waals surface area contributed by atoms with E-state index in [2.05, 4.69) is 0 Å². The molecule has 0 aromatic heterocycles. The molecule has 102 valence electrons. The van der Waals surface area contributed by atoms with Crippen LogP contribution in [0.15, 0.2) is 35.7 Å². The molecule has 0 radical (unpaired) electrons. The molecule has 0 saturated carbocycles. The number of rotatable bonds is 2. The van der Waals surface area contributed by atoms with E-state index in [1.54, 1.807) is 6.92 Å². The van der Waals surface area contributed by atoms with E-state index in [0.717, 1.165) is 24.1 Å². The molecule has 0 bridgehead atoms. The molecule has 0 amide bonds. The van der Waals surface area contributed by atoms with Crippen LogP contribution in [0.25, 0.3) is 0 Å². The van der Waals surface area contributed by atoms with Crippen LogP contribution >= 0.6 is 0 Å². The van der Waals surface area contributed by atoms with E-state index in [-0.39, 0.29) is 5.70 Å². The van der Waals surface area contributed by atoms with Crippen LogP contribution in [0.3, 0.4) is 0 Å². The summed E-state index contributed by atoms with van der Waals surface area (Å²) < 4.78 is 4.93. The number of hydrogen-bond acceptors (Lipinski definition) is 5. The fraction of sp³-hybridized carbons (Fsp3) is 0.357. The lowest BCUT2D eigenvalue weighted by atomic mass is 10.1. The summed E-state index contributed by atoms with van der Waals surface area (Å²) in [7, 11) is 0. The first kappa shape index (κ1) is 13.4. The zero-order valence-electron chi connectivity index (χ0n) is 11.1. The van der Waals surface area contributed by atoms with E-state index >= 15 is 0 Å². The average Bonchev–Trinajstić information content (AvgIpc) is 2.58. The number of nitrogens with two attached hydrogens (primary N) is 2. The second-order valence-electron chi connectivity index (χ2n) is 4.43. The van der Waals surface area contributed by atoms with Gasteiger partial charge in [0, 0.05) is 0 Å². The fourth-order valence-corrected chi connectivity index (χ4v) is 2.26. The van der Waals surface area contributed by atoms with Crippen LogP contribution in [0, 0.1) is 0 Å². The summed E-state index contributed by atoms with van der Waals surface area (Å²) in [6.45, 7) is 2.05. The van der Waals surface area contributed by atoms with Crippen LogP contribution in [-0.2, 0) is 16.0 Å². The SMILES string of the molecule is CCOC(=O)/C(N)=C1\CCCc2ccccc2N1N. The van der Waals surface area contributed by atoms with Gasteiger partial charge in [-0.25, -0.2) is 10.6 Å². The predicted molar refractivity (Wildman–Crippen MR) is 73.9 cm³/mol. The summed E-state index contributed by atoms with van der Waals surface area (Å²) in [5.41, 5.74) is 8.66. The van der Waals surface area contributed by atoms with Gasteiger partial charge in [0.05, 0.1) is 18.0 Å². The van der Waals surface area contributed by atoms with Crippen molar-refractivity contribution in [3.63, 3.8) is 0 Å². The van der Waals surface area contributed by atoms with Gasteiger partial charge in [-0.3, -0.25) is 5.01 Å². The standard InChI is InChI=1S/C14H19N3O2/c1-2-19-14(18)13(15)12-9-5-7-10-6-3-4-8-11(10)17(12)16/h3-4,6,8H,2,5,7,9,15-16H2,1H3/b13-12-. The number of para-hydroxylation sites is 1. The summed E-state index contributed by atoms with van der Waals surface area (Å²) in [6, 6.07) is 7.87. The number of fused-ring (bicyclic) bond motifs is 1. The highest BCUT2D eigenvalue weighted by Crippen LogP contribution is 2.29. The molecule has 0 atom stereocenters. The number of benzene rings is 1. The van der Waals surface area contributed by atoms with Crippen molar-refractivity contribution in [2.75, 3.05) is 11.6 Å². The second-order valence-corrected chi connectivity index (χ2v) is 4.43. The molecule has 0 unspecified atom stereocenters. The van der Waals surface area contributed by atoms with Crippen molar-refractivity contribution in [3.8, 4) is 0 Å². The van der Waals surface area contributed by atoms with Gasteiger partial charge in [-0.2, -0.15) is 0 Å². The number of anilines is 1. The Morgan fingerprint density at radius 1 is 1.37 bits per heavy atom. The van der Waals surface area contributed by atoms with Crippen LogP contribution in [0.5, 0.6) is 0 Å². The quantitative estimate of drug-likeness (QED) is 0.478. The van der Waals surface area contributed by atoms with Crippen molar-refractivity contribution in [2.45, 2.75) is 26.2 Å². The zero-order chi connectivity index (χ0) is 13.8. The maximum absolute atomic E-state index is 11.7. The van der Waals surface area contributed by atoms with Gasteiger partial charge in [0.15, 0.2) is 0 Å². The highest BCUT2D eigenvalue weighted by Gasteiger charge is 2.22. The Morgan fingerprint density at radius 2 is 2.11 bits per heavy atom. The molecule has 1 heterocycles. The Kier molecular flexibility index (Phi) is 4.06. The third kappa shape index (κ3) is 2.71. The largest absolute Gasteiger partial charge is 0.461 e. The molecule has 2 rings (SSSR count). The number of esters is 1. The number of ether oxygens (including phenoxy) is 1. The van der Waals surface area contributed by atoms with Gasteiger partial charge in [0.25, 0.3) is 0 Å². The van der Waals surface area contributed by atoms with E-state index < -0.39 is 5.97 Å². The molecule has 5 nitrogen and oxygen atoms in total. The van der Waals surface area contributed by atoms with E-state index in [1.807, 2.05) is 24.3 Å². The highest BCUT2D eigenvalue weighted by atomic mass is 16.5. The molecule has 5 heteroatoms. The van der Waals surface area contributed by atoms with Gasteiger partial charge in [-0.15, -0.1) is 0 Å². The van der Waals surface area contributed by atoms with E-state index in [1.165, 1.54) is 5.01 Å². The Labute approximate surface area is 112 Å². The second kappa shape index (κ2) is 5.75. The number of hydrazine groups is 1. The first-order valence-corrected chi connectivity index (χ1v) is 6.43. The van der Waals surface area contributed by atoms with E-state index in [9.17, 15) is 4.79 Å². The molecule has 19 heavy (non-hydrogen) atoms. The molecule has 0 fully saturated rings. The van der Waals surface area contributed by atoms with Crippen LogP contribution < -0.4 is 16.6 Å². The maximum atomic E-state index is 11.7. The summed E-state index contributed by atoms with van der Waals surface area (Å²) in [4.78, 5) is 11.7. The minimum absolute atomic E-state index is 0.0982. The van der Waals surface area contributed by atoms with Crippen molar-refractivity contribution in [3.05, 3.63) is 41.2 Å². The molecule has 1 aromatic carbocycles. The minimum atomic E-state index is -0.507. The highest BCUT2D eigenvalue weighted by molar-refractivity contribution is 5.89. The van der Waals surface area contributed by atoms with Crippen molar-refractivity contribution in [2.24, 2.45) is 11.6 Å². The topological polar surface area (TPSA) is 81.6 Å². The fourth-order valence-electron chi connectivity index (χ4n) is 2.26. The first-order valence-electron chi connectivity index (χ1n) is 6.43. The van der Waals surface area contributed by atoms with Crippen LogP contribution in [0.4, 0.5) is 5.69 Å². The van der Waals surface area contributed by atoms with Gasteiger partial charge >= 0.3 is 5.97 Å². The van der Waals surface area contributed by atoms with Crippen LogP contribution in [0.2, 0.25) is 0 Å². The number of nitrogens with zero attached hydrogens (tertiary/aromatic N) is 1. The van der Waals surface area contributed by atoms with Gasteiger partial charge in [-0.05, 0) is 37.8 Å². The van der Waals surface area contributed by atoms with Crippen molar-refractivity contribution in [1.82, 2.24) is 0 Å². The molecular weight excluding hydrogens is 242 g/mol. The van der Waals surface area contributed by atoms with Crippen LogP contribution in [-0.4, -0.2) is 12.6 Å². The summed E-state index contributed by atoms with van der Waals surface area (Å²) in [6.07, 6.45) is 2.49. The first-order chi connectivity index (χ1) is 9.15. The lowest BCUT2D eigenvalue weighted by Crippen LogP contribution is -2.34. The molecule has 1 aromatic rings. The smallest absolute Gasteiger partial charge is 0.356 e. The van der Waals surface area contributed by atoms with Gasteiger partial charge in [0.1, 0.15) is 5.70 Å². The number of allylic oxidation sites excluding steroid dienone is 1. The molecule has 4 N–H and O–H groups in total. The molecule has 0 saturated heterocycles. The van der Waals surface area contributed by atoms with Crippen LogP contribution in [0.1, 0.15) is 25.3 Å². The van der Waals surface area contributed by atoms with Gasteiger partial charge in [-0.1, -0.05) is 18.2 Å². The summed E-state index contributed by atoms with van der Waals surface area (Å²) in [5.74, 6) is 5.61. The normalized spacial score (nSPS) is 17.5. The maximum Gasteiger partial charge on any atom is 0.356 e. The third-order valence-corrected chi connectivity index (χ3v) is 3.21. The number of carbonyl (C=O) groups excluding carboxylic acids is 1. The Bertz CT molecular complexity index is 511. The Balaban J connectivity index is 2.38. The lowest BCUT2D eigenvalue weighted by molar-refractivity contribution is -0.138. The summed E-state index contributed by atoms with van der Waals surface area (Å²) in [5, 5.41) is 1.51. The lowest BCUT2D eigenvalue weighted by Gasteiger charge is -2.22. The Morgan fingerprint density at radius 3 is 2.84 bits per heavy atom. The molecule has 0 aliphatic carbocycles.